The number of ether oxygens (including phenoxy) is 1. The molecule has 0 saturated heterocycles. The summed E-state index contributed by atoms with van der Waals surface area (Å²) in [4.78, 5) is 24.9. The van der Waals surface area contributed by atoms with Crippen LogP contribution in [0.4, 0.5) is 5.69 Å². The number of hydrogen-bond donors (Lipinski definition) is 2. The SMILES string of the molecule is CC(C)COc1ccccc1C(=O)Nc1ccc(C(=O)NCc2ccco2)cc1. The van der Waals surface area contributed by atoms with Crippen LogP contribution in [-0.4, -0.2) is 18.4 Å². The van der Waals surface area contributed by atoms with Gasteiger partial charge in [-0.15, -0.1) is 0 Å². The Bertz CT molecular complexity index is 947. The van der Waals surface area contributed by atoms with Crippen molar-refractivity contribution >= 4 is 17.5 Å². The van der Waals surface area contributed by atoms with Crippen LogP contribution in [0.5, 0.6) is 5.75 Å². The molecule has 0 unspecified atom stereocenters. The van der Waals surface area contributed by atoms with E-state index in [1.165, 1.54) is 0 Å². The van der Waals surface area contributed by atoms with E-state index in [1.807, 2.05) is 6.07 Å². The molecule has 0 bridgehead atoms. The third-order valence-electron chi connectivity index (χ3n) is 4.11. The summed E-state index contributed by atoms with van der Waals surface area (Å²) in [6.45, 7) is 4.95. The Morgan fingerprint density at radius 2 is 1.72 bits per heavy atom. The average Bonchev–Trinajstić information content (AvgIpc) is 3.25. The van der Waals surface area contributed by atoms with Crippen LogP contribution in [0.1, 0.15) is 40.3 Å². The number of benzene rings is 2. The van der Waals surface area contributed by atoms with Crippen LogP contribution in [0.3, 0.4) is 0 Å². The number of anilines is 1. The van der Waals surface area contributed by atoms with Crippen molar-refractivity contribution in [3.05, 3.63) is 83.8 Å². The van der Waals surface area contributed by atoms with Crippen LogP contribution >= 0.6 is 0 Å². The number of hydrogen-bond acceptors (Lipinski definition) is 4. The lowest BCUT2D eigenvalue weighted by Gasteiger charge is -2.13. The first kappa shape index (κ1) is 20.2. The first-order chi connectivity index (χ1) is 14.0. The maximum atomic E-state index is 12.7. The van der Waals surface area contributed by atoms with E-state index in [0.717, 1.165) is 0 Å². The highest BCUT2D eigenvalue weighted by atomic mass is 16.5. The molecule has 6 heteroatoms. The van der Waals surface area contributed by atoms with Crippen LogP contribution in [-0.2, 0) is 6.54 Å². The number of carbonyl (C=O) groups excluding carboxylic acids is 2. The van der Waals surface area contributed by atoms with Gasteiger partial charge in [-0.05, 0) is 54.4 Å². The predicted molar refractivity (Wildman–Crippen MR) is 111 cm³/mol. The summed E-state index contributed by atoms with van der Waals surface area (Å²) >= 11 is 0. The molecule has 3 rings (SSSR count). The minimum absolute atomic E-state index is 0.216. The number of para-hydroxylation sites is 1. The third-order valence-corrected chi connectivity index (χ3v) is 4.11. The van der Waals surface area contributed by atoms with Gasteiger partial charge in [0.1, 0.15) is 11.5 Å². The number of nitrogens with one attached hydrogen (secondary N) is 2. The van der Waals surface area contributed by atoms with E-state index in [-0.39, 0.29) is 11.8 Å². The summed E-state index contributed by atoms with van der Waals surface area (Å²) in [5.74, 6) is 1.11. The van der Waals surface area contributed by atoms with Gasteiger partial charge in [-0.3, -0.25) is 9.59 Å². The molecule has 0 aliphatic carbocycles. The van der Waals surface area contributed by atoms with Gasteiger partial charge in [0.15, 0.2) is 0 Å². The quantitative estimate of drug-likeness (QED) is 0.592. The molecule has 0 fully saturated rings. The van der Waals surface area contributed by atoms with E-state index in [4.69, 9.17) is 9.15 Å². The number of furan rings is 1. The van der Waals surface area contributed by atoms with Gasteiger partial charge in [0.25, 0.3) is 11.8 Å². The lowest BCUT2D eigenvalue weighted by atomic mass is 10.1. The Balaban J connectivity index is 1.61. The van der Waals surface area contributed by atoms with Crippen molar-refractivity contribution in [2.24, 2.45) is 5.92 Å². The fourth-order valence-corrected chi connectivity index (χ4v) is 2.62. The molecular weight excluding hydrogens is 368 g/mol. The Morgan fingerprint density at radius 1 is 0.966 bits per heavy atom. The summed E-state index contributed by atoms with van der Waals surface area (Å²) in [5, 5.41) is 5.62. The summed E-state index contributed by atoms with van der Waals surface area (Å²) in [6, 6.07) is 17.4. The van der Waals surface area contributed by atoms with Crippen molar-refractivity contribution in [2.75, 3.05) is 11.9 Å². The van der Waals surface area contributed by atoms with Gasteiger partial charge >= 0.3 is 0 Å². The van der Waals surface area contributed by atoms with E-state index in [1.54, 1.807) is 60.9 Å². The lowest BCUT2D eigenvalue weighted by Crippen LogP contribution is -2.22. The Kier molecular flexibility index (Phi) is 6.68. The van der Waals surface area contributed by atoms with Crippen molar-refractivity contribution in [3.8, 4) is 5.75 Å². The van der Waals surface area contributed by atoms with Gasteiger partial charge in [0.05, 0.1) is 25.0 Å². The molecule has 2 N–H and O–H groups in total. The van der Waals surface area contributed by atoms with E-state index in [2.05, 4.69) is 24.5 Å². The molecule has 0 aliphatic rings. The molecule has 0 spiro atoms. The molecule has 1 aromatic heterocycles. The Morgan fingerprint density at radius 3 is 2.41 bits per heavy atom. The zero-order valence-corrected chi connectivity index (χ0v) is 16.5. The molecule has 0 aliphatic heterocycles. The highest BCUT2D eigenvalue weighted by Gasteiger charge is 2.13. The summed E-state index contributed by atoms with van der Waals surface area (Å²) in [7, 11) is 0. The third kappa shape index (κ3) is 5.72. The van der Waals surface area contributed by atoms with Gasteiger partial charge in [-0.1, -0.05) is 26.0 Å². The molecule has 1 heterocycles. The van der Waals surface area contributed by atoms with Crippen LogP contribution in [0, 0.1) is 5.92 Å². The van der Waals surface area contributed by atoms with Gasteiger partial charge in [0, 0.05) is 11.3 Å². The molecule has 2 amide bonds. The molecule has 29 heavy (non-hydrogen) atoms. The topological polar surface area (TPSA) is 80.6 Å². The van der Waals surface area contributed by atoms with Crippen LogP contribution in [0.25, 0.3) is 0 Å². The average molecular weight is 392 g/mol. The van der Waals surface area contributed by atoms with Crippen LogP contribution in [0.2, 0.25) is 0 Å². The zero-order chi connectivity index (χ0) is 20.6. The first-order valence-electron chi connectivity index (χ1n) is 9.46. The monoisotopic (exact) mass is 392 g/mol. The highest BCUT2D eigenvalue weighted by molar-refractivity contribution is 6.06. The molecule has 3 aromatic rings. The smallest absolute Gasteiger partial charge is 0.259 e. The molecule has 2 aromatic carbocycles. The van der Waals surface area contributed by atoms with Crippen LogP contribution < -0.4 is 15.4 Å². The predicted octanol–water partition coefficient (Wildman–Crippen LogP) is 4.50. The van der Waals surface area contributed by atoms with Gasteiger partial charge in [-0.2, -0.15) is 0 Å². The van der Waals surface area contributed by atoms with E-state index in [0.29, 0.717) is 47.4 Å². The van der Waals surface area contributed by atoms with Crippen molar-refractivity contribution in [1.82, 2.24) is 5.32 Å². The highest BCUT2D eigenvalue weighted by Crippen LogP contribution is 2.21. The molecule has 6 nitrogen and oxygen atoms in total. The van der Waals surface area contributed by atoms with Gasteiger partial charge in [0.2, 0.25) is 0 Å². The lowest BCUT2D eigenvalue weighted by molar-refractivity contribution is 0.0947. The molecule has 0 saturated carbocycles. The van der Waals surface area contributed by atoms with E-state index < -0.39 is 0 Å². The van der Waals surface area contributed by atoms with E-state index >= 15 is 0 Å². The molecule has 150 valence electrons. The molecule has 0 radical (unpaired) electrons. The van der Waals surface area contributed by atoms with E-state index in [9.17, 15) is 9.59 Å². The number of rotatable bonds is 8. The fraction of sp³-hybridized carbons (Fsp3) is 0.217. The second kappa shape index (κ2) is 9.59. The zero-order valence-electron chi connectivity index (χ0n) is 16.5. The number of amides is 2. The minimum atomic E-state index is -0.264. The van der Waals surface area contributed by atoms with Crippen molar-refractivity contribution in [2.45, 2.75) is 20.4 Å². The second-order valence-corrected chi connectivity index (χ2v) is 6.99. The fourth-order valence-electron chi connectivity index (χ4n) is 2.62. The standard InChI is InChI=1S/C23H24N2O4/c1-16(2)15-29-21-8-4-3-7-20(21)23(27)25-18-11-9-17(10-12-18)22(26)24-14-19-6-5-13-28-19/h3-13,16H,14-15H2,1-2H3,(H,24,26)(H,25,27). The van der Waals surface area contributed by atoms with Crippen molar-refractivity contribution in [1.29, 1.82) is 0 Å². The normalized spacial score (nSPS) is 10.6. The van der Waals surface area contributed by atoms with Crippen molar-refractivity contribution in [3.63, 3.8) is 0 Å². The second-order valence-electron chi connectivity index (χ2n) is 6.99. The Hall–Kier alpha value is -3.54. The number of carbonyl (C=O) groups is 2. The van der Waals surface area contributed by atoms with Gasteiger partial charge in [-0.25, -0.2) is 0 Å². The van der Waals surface area contributed by atoms with Crippen LogP contribution in [0.15, 0.2) is 71.3 Å². The maximum Gasteiger partial charge on any atom is 0.259 e. The summed E-state index contributed by atoms with van der Waals surface area (Å²) in [5.41, 5.74) is 1.56. The minimum Gasteiger partial charge on any atom is -0.492 e. The maximum absolute atomic E-state index is 12.7. The largest absolute Gasteiger partial charge is 0.492 e. The molecule has 0 atom stereocenters. The molecular formula is C23H24N2O4. The van der Waals surface area contributed by atoms with Gasteiger partial charge < -0.3 is 19.8 Å². The summed E-state index contributed by atoms with van der Waals surface area (Å²) in [6.07, 6.45) is 1.56. The Labute approximate surface area is 169 Å². The summed E-state index contributed by atoms with van der Waals surface area (Å²) < 4.78 is 10.9. The first-order valence-corrected chi connectivity index (χ1v) is 9.46. The van der Waals surface area contributed by atoms with Crippen molar-refractivity contribution < 1.29 is 18.7 Å².